The van der Waals surface area contributed by atoms with Crippen molar-refractivity contribution >= 4 is 11.9 Å². The molecular weight excluding hydrogens is 235 g/mol. The summed E-state index contributed by atoms with van der Waals surface area (Å²) in [6, 6.07) is 1.79. The number of halogens is 1. The number of piperazine rings is 1. The molecule has 0 bridgehead atoms. The molecule has 0 amide bonds. The van der Waals surface area contributed by atoms with Crippen molar-refractivity contribution in [3.63, 3.8) is 0 Å². The molecule has 0 atom stereocenters. The van der Waals surface area contributed by atoms with Gasteiger partial charge in [-0.25, -0.2) is 14.4 Å². The van der Waals surface area contributed by atoms with Gasteiger partial charge in [-0.3, -0.25) is 4.99 Å². The number of aliphatic imine (C=N–C) groups is 1. The molecule has 2 heterocycles. The van der Waals surface area contributed by atoms with Crippen molar-refractivity contribution in [2.75, 3.05) is 44.3 Å². The van der Waals surface area contributed by atoms with Gasteiger partial charge in [0, 0.05) is 38.6 Å². The van der Waals surface area contributed by atoms with Crippen LogP contribution in [-0.2, 0) is 0 Å². The molecule has 98 valence electrons. The second-order valence-electron chi connectivity index (χ2n) is 3.95. The molecule has 0 aromatic carbocycles. The fourth-order valence-corrected chi connectivity index (χ4v) is 1.85. The largest absolute Gasteiger partial charge is 0.370 e. The molecule has 18 heavy (non-hydrogen) atoms. The fourth-order valence-electron chi connectivity index (χ4n) is 1.85. The first-order chi connectivity index (χ1) is 8.81. The summed E-state index contributed by atoms with van der Waals surface area (Å²) in [5, 5.41) is 0. The predicted molar refractivity (Wildman–Crippen MR) is 68.3 cm³/mol. The molecule has 1 aromatic heterocycles. The molecule has 0 saturated carbocycles. The second-order valence-corrected chi connectivity index (χ2v) is 3.95. The summed E-state index contributed by atoms with van der Waals surface area (Å²) in [7, 11) is 0. The van der Waals surface area contributed by atoms with Crippen LogP contribution in [0.25, 0.3) is 0 Å². The summed E-state index contributed by atoms with van der Waals surface area (Å²) in [5.41, 5.74) is 5.78. The van der Waals surface area contributed by atoms with Crippen LogP contribution >= 0.6 is 0 Å². The van der Waals surface area contributed by atoms with E-state index in [1.165, 1.54) is 0 Å². The van der Waals surface area contributed by atoms with Crippen LogP contribution < -0.4 is 10.6 Å². The molecule has 0 aliphatic carbocycles. The first kappa shape index (κ1) is 12.5. The maximum atomic E-state index is 12.0. The molecule has 0 radical (unpaired) electrons. The van der Waals surface area contributed by atoms with Crippen LogP contribution in [0.1, 0.15) is 0 Å². The third kappa shape index (κ3) is 3.06. The van der Waals surface area contributed by atoms with Gasteiger partial charge in [0.25, 0.3) is 0 Å². The number of nitrogens with zero attached hydrogens (tertiary/aromatic N) is 5. The highest BCUT2D eigenvalue weighted by atomic mass is 19.1. The van der Waals surface area contributed by atoms with E-state index in [1.807, 2.05) is 4.90 Å². The van der Waals surface area contributed by atoms with E-state index in [9.17, 15) is 4.39 Å². The number of nitrogens with two attached hydrogens (primary N) is 1. The number of hydrogen-bond acceptors (Lipinski definition) is 4. The van der Waals surface area contributed by atoms with Gasteiger partial charge in [-0.05, 0) is 6.07 Å². The van der Waals surface area contributed by atoms with Gasteiger partial charge in [-0.1, -0.05) is 0 Å². The Hall–Kier alpha value is -1.92. The maximum Gasteiger partial charge on any atom is 0.225 e. The lowest BCUT2D eigenvalue weighted by Gasteiger charge is -2.35. The van der Waals surface area contributed by atoms with Crippen LogP contribution in [0.15, 0.2) is 23.5 Å². The highest BCUT2D eigenvalue weighted by Gasteiger charge is 2.19. The fraction of sp³-hybridized carbons (Fsp3) is 0.545. The van der Waals surface area contributed by atoms with Gasteiger partial charge < -0.3 is 15.5 Å². The summed E-state index contributed by atoms with van der Waals surface area (Å²) in [4.78, 5) is 16.4. The number of rotatable bonds is 3. The normalized spacial score (nSPS) is 17.1. The molecule has 7 heteroatoms. The minimum atomic E-state index is -0.474. The molecule has 1 aromatic rings. The number of alkyl halides is 1. The number of guanidine groups is 1. The third-order valence-corrected chi connectivity index (χ3v) is 2.80. The van der Waals surface area contributed by atoms with Crippen molar-refractivity contribution in [1.82, 2.24) is 14.9 Å². The lowest BCUT2D eigenvalue weighted by Crippen LogP contribution is -2.51. The monoisotopic (exact) mass is 252 g/mol. The number of aromatic nitrogens is 2. The van der Waals surface area contributed by atoms with Gasteiger partial charge in [-0.15, -0.1) is 0 Å². The Balaban J connectivity index is 1.88. The van der Waals surface area contributed by atoms with E-state index >= 15 is 0 Å². The van der Waals surface area contributed by atoms with Gasteiger partial charge in [0.1, 0.15) is 6.67 Å². The van der Waals surface area contributed by atoms with Gasteiger partial charge >= 0.3 is 0 Å². The maximum absolute atomic E-state index is 12.0. The first-order valence-corrected chi connectivity index (χ1v) is 5.94. The first-order valence-electron chi connectivity index (χ1n) is 5.94. The lowest BCUT2D eigenvalue weighted by molar-refractivity contribution is 0.377. The number of hydrogen-bond donors (Lipinski definition) is 1. The Morgan fingerprint density at radius 3 is 2.56 bits per heavy atom. The summed E-state index contributed by atoms with van der Waals surface area (Å²) in [6.45, 7) is 2.73. The van der Waals surface area contributed by atoms with Crippen molar-refractivity contribution < 1.29 is 4.39 Å². The molecular formula is C11H17FN6. The highest BCUT2D eigenvalue weighted by Crippen LogP contribution is 2.09. The summed E-state index contributed by atoms with van der Waals surface area (Å²) in [6.07, 6.45) is 3.46. The predicted octanol–water partition coefficient (Wildman–Crippen LogP) is -0.117. The van der Waals surface area contributed by atoms with Crippen molar-refractivity contribution in [1.29, 1.82) is 0 Å². The highest BCUT2D eigenvalue weighted by molar-refractivity contribution is 5.78. The van der Waals surface area contributed by atoms with Gasteiger partial charge in [0.2, 0.25) is 5.95 Å². The molecule has 0 unspecified atom stereocenters. The van der Waals surface area contributed by atoms with E-state index in [4.69, 9.17) is 5.73 Å². The summed E-state index contributed by atoms with van der Waals surface area (Å²) >= 11 is 0. The third-order valence-electron chi connectivity index (χ3n) is 2.80. The van der Waals surface area contributed by atoms with Crippen LogP contribution in [0.3, 0.4) is 0 Å². The van der Waals surface area contributed by atoms with Crippen LogP contribution in [0.5, 0.6) is 0 Å². The molecule has 1 aliphatic rings. The standard InChI is InChI=1S/C11H17FN6/c12-2-5-14-10(13)17-6-8-18(9-7-17)11-15-3-1-4-16-11/h1,3-4H,2,5-9H2,(H2,13,14). The number of anilines is 1. The minimum absolute atomic E-state index is 0.133. The van der Waals surface area contributed by atoms with E-state index in [-0.39, 0.29) is 6.54 Å². The molecule has 2 rings (SSSR count). The van der Waals surface area contributed by atoms with E-state index in [2.05, 4.69) is 19.9 Å². The van der Waals surface area contributed by atoms with Crippen LogP contribution in [0.2, 0.25) is 0 Å². The Labute approximate surface area is 105 Å². The van der Waals surface area contributed by atoms with E-state index < -0.39 is 6.67 Å². The van der Waals surface area contributed by atoms with Crippen LogP contribution in [-0.4, -0.2) is 60.2 Å². The average Bonchev–Trinajstić information content (AvgIpc) is 2.46. The Morgan fingerprint density at radius 1 is 1.28 bits per heavy atom. The van der Waals surface area contributed by atoms with Gasteiger partial charge in [0.15, 0.2) is 5.96 Å². The zero-order chi connectivity index (χ0) is 12.8. The Kier molecular flexibility index (Phi) is 4.27. The van der Waals surface area contributed by atoms with Crippen molar-refractivity contribution in [2.24, 2.45) is 10.7 Å². The zero-order valence-electron chi connectivity index (χ0n) is 10.2. The molecule has 2 N–H and O–H groups in total. The molecule has 1 saturated heterocycles. The molecule has 6 nitrogen and oxygen atoms in total. The smallest absolute Gasteiger partial charge is 0.225 e. The van der Waals surface area contributed by atoms with Crippen LogP contribution in [0, 0.1) is 0 Å². The average molecular weight is 252 g/mol. The Bertz CT molecular complexity index is 388. The summed E-state index contributed by atoms with van der Waals surface area (Å²) in [5.74, 6) is 1.15. The topological polar surface area (TPSA) is 70.6 Å². The van der Waals surface area contributed by atoms with E-state index in [0.717, 1.165) is 32.1 Å². The second kappa shape index (κ2) is 6.13. The Morgan fingerprint density at radius 2 is 1.94 bits per heavy atom. The van der Waals surface area contributed by atoms with Crippen molar-refractivity contribution in [3.05, 3.63) is 18.5 Å². The van der Waals surface area contributed by atoms with Gasteiger partial charge in [-0.2, -0.15) is 0 Å². The summed E-state index contributed by atoms with van der Waals surface area (Å²) < 4.78 is 12.0. The van der Waals surface area contributed by atoms with E-state index in [0.29, 0.717) is 5.96 Å². The van der Waals surface area contributed by atoms with Crippen molar-refractivity contribution in [2.45, 2.75) is 0 Å². The SMILES string of the molecule is NC(=NCCF)N1CCN(c2ncccn2)CC1. The van der Waals surface area contributed by atoms with Crippen molar-refractivity contribution in [3.8, 4) is 0 Å². The lowest BCUT2D eigenvalue weighted by atomic mass is 10.3. The molecule has 1 aliphatic heterocycles. The molecule has 1 fully saturated rings. The minimum Gasteiger partial charge on any atom is -0.370 e. The van der Waals surface area contributed by atoms with Gasteiger partial charge in [0.05, 0.1) is 6.54 Å². The zero-order valence-corrected chi connectivity index (χ0v) is 10.2. The van der Waals surface area contributed by atoms with E-state index in [1.54, 1.807) is 18.5 Å². The quantitative estimate of drug-likeness (QED) is 0.600. The van der Waals surface area contributed by atoms with Crippen LogP contribution in [0.4, 0.5) is 10.3 Å². The molecule has 0 spiro atoms.